The molecule has 1 aromatic carbocycles. The maximum atomic E-state index is 12.3. The van der Waals surface area contributed by atoms with Crippen LogP contribution in [0.15, 0.2) is 18.2 Å². The van der Waals surface area contributed by atoms with Crippen LogP contribution in [0.25, 0.3) is 0 Å². The third-order valence-corrected chi connectivity index (χ3v) is 3.38. The lowest BCUT2D eigenvalue weighted by atomic mass is 10.0. The fraction of sp³-hybridized carbons (Fsp3) is 0.538. The van der Waals surface area contributed by atoms with Crippen LogP contribution >= 0.6 is 0 Å². The van der Waals surface area contributed by atoms with Crippen molar-refractivity contribution in [3.05, 3.63) is 29.3 Å². The number of rotatable bonds is 4. The van der Waals surface area contributed by atoms with Gasteiger partial charge in [-0.15, -0.1) is 0 Å². The monoisotopic (exact) mass is 222 g/mol. The smallest absolute Gasteiger partial charge is 0.107 e. The second-order valence-corrected chi connectivity index (χ2v) is 4.32. The molecule has 0 amide bonds. The van der Waals surface area contributed by atoms with Crippen molar-refractivity contribution in [1.29, 1.82) is 0 Å². The Hall–Kier alpha value is -1.09. The highest BCUT2D eigenvalue weighted by Crippen LogP contribution is 2.30. The highest BCUT2D eigenvalue weighted by Gasteiger charge is 2.19. The molecule has 1 N–H and O–H groups in total. The lowest BCUT2D eigenvalue weighted by molar-refractivity contribution is 0.493. The molecule has 0 fully saturated rings. The lowest BCUT2D eigenvalue weighted by Crippen LogP contribution is -2.22. The molecule has 0 radical (unpaired) electrons. The van der Waals surface area contributed by atoms with Crippen molar-refractivity contribution < 1.29 is 4.39 Å². The van der Waals surface area contributed by atoms with Crippen LogP contribution in [0.2, 0.25) is 0 Å². The van der Waals surface area contributed by atoms with Gasteiger partial charge in [0.25, 0.3) is 0 Å². The summed E-state index contributed by atoms with van der Waals surface area (Å²) in [5, 5.41) is 3.24. The van der Waals surface area contributed by atoms with E-state index in [9.17, 15) is 4.39 Å². The van der Waals surface area contributed by atoms with E-state index < -0.39 is 0 Å². The van der Waals surface area contributed by atoms with Crippen LogP contribution in [0.4, 0.5) is 10.1 Å². The van der Waals surface area contributed by atoms with E-state index >= 15 is 0 Å². The average Bonchev–Trinajstić information content (AvgIpc) is 2.71. The lowest BCUT2D eigenvalue weighted by Gasteiger charge is -2.18. The van der Waals surface area contributed by atoms with E-state index in [0.717, 1.165) is 13.0 Å². The van der Waals surface area contributed by atoms with Gasteiger partial charge in [0.15, 0.2) is 0 Å². The summed E-state index contributed by atoms with van der Waals surface area (Å²) in [7, 11) is 1.97. The molecule has 1 aliphatic heterocycles. The molecule has 0 bridgehead atoms. The largest absolute Gasteiger partial charge is 0.368 e. The first-order valence-electron chi connectivity index (χ1n) is 5.87. The minimum Gasteiger partial charge on any atom is -0.368 e. The first-order valence-corrected chi connectivity index (χ1v) is 5.87. The molecule has 2 nitrogen and oxygen atoms in total. The van der Waals surface area contributed by atoms with Crippen molar-refractivity contribution in [3.63, 3.8) is 0 Å². The molecule has 1 aromatic rings. The van der Waals surface area contributed by atoms with Crippen molar-refractivity contribution in [2.24, 2.45) is 0 Å². The Labute approximate surface area is 96.5 Å². The molecular weight excluding hydrogens is 203 g/mol. The van der Waals surface area contributed by atoms with Crippen molar-refractivity contribution in [2.45, 2.75) is 19.4 Å². The zero-order valence-electron chi connectivity index (χ0n) is 9.96. The number of nitrogens with one attached hydrogen (secondary N) is 1. The molecule has 2 rings (SSSR count). The molecule has 3 heteroatoms. The number of alkyl halides is 1. The number of benzene rings is 1. The van der Waals surface area contributed by atoms with Gasteiger partial charge in [-0.05, 0) is 37.6 Å². The van der Waals surface area contributed by atoms with Crippen molar-refractivity contribution in [2.75, 3.05) is 31.7 Å². The third kappa shape index (κ3) is 2.05. The van der Waals surface area contributed by atoms with E-state index in [1.54, 1.807) is 0 Å². The van der Waals surface area contributed by atoms with E-state index in [1.165, 1.54) is 16.8 Å². The standard InChI is InChI=1S/C13H19FN2/c1-10(15-2)11-3-4-13-12(9-11)5-7-16(13)8-6-14/h3-4,9-10,15H,5-8H2,1-2H3. The summed E-state index contributed by atoms with van der Waals surface area (Å²) in [4.78, 5) is 2.13. The zero-order valence-corrected chi connectivity index (χ0v) is 9.96. The van der Waals surface area contributed by atoms with E-state index in [4.69, 9.17) is 0 Å². The fourth-order valence-corrected chi connectivity index (χ4v) is 2.26. The first kappa shape index (κ1) is 11.4. The molecular formula is C13H19FN2. The summed E-state index contributed by atoms with van der Waals surface area (Å²) in [6.45, 7) is 3.36. The molecule has 1 unspecified atom stereocenters. The molecule has 1 atom stereocenters. The Bertz CT molecular complexity index is 365. The van der Waals surface area contributed by atoms with E-state index in [1.807, 2.05) is 7.05 Å². The summed E-state index contributed by atoms with van der Waals surface area (Å²) >= 11 is 0. The number of nitrogens with zero attached hydrogens (tertiary/aromatic N) is 1. The quantitative estimate of drug-likeness (QED) is 0.841. The molecule has 16 heavy (non-hydrogen) atoms. The number of fused-ring (bicyclic) bond motifs is 1. The zero-order chi connectivity index (χ0) is 11.5. The van der Waals surface area contributed by atoms with E-state index in [2.05, 4.69) is 35.3 Å². The minimum atomic E-state index is -0.270. The fourth-order valence-electron chi connectivity index (χ4n) is 2.26. The van der Waals surface area contributed by atoms with Crippen LogP contribution in [0, 0.1) is 0 Å². The van der Waals surface area contributed by atoms with Gasteiger partial charge in [0.05, 0.1) is 0 Å². The van der Waals surface area contributed by atoms with Gasteiger partial charge in [0, 0.05) is 24.8 Å². The maximum Gasteiger partial charge on any atom is 0.107 e. The predicted octanol–water partition coefficient (Wildman–Crippen LogP) is 2.30. The van der Waals surface area contributed by atoms with Gasteiger partial charge in [0.2, 0.25) is 0 Å². The van der Waals surface area contributed by atoms with Crippen LogP contribution < -0.4 is 10.2 Å². The highest BCUT2D eigenvalue weighted by atomic mass is 19.1. The normalized spacial score (nSPS) is 16.3. The number of hydrogen-bond donors (Lipinski definition) is 1. The van der Waals surface area contributed by atoms with Gasteiger partial charge in [-0.2, -0.15) is 0 Å². The van der Waals surface area contributed by atoms with Crippen LogP contribution in [0.1, 0.15) is 24.1 Å². The average molecular weight is 222 g/mol. The Morgan fingerprint density at radius 3 is 3.00 bits per heavy atom. The second-order valence-electron chi connectivity index (χ2n) is 4.32. The molecule has 0 spiro atoms. The maximum absolute atomic E-state index is 12.3. The Morgan fingerprint density at radius 2 is 2.31 bits per heavy atom. The Morgan fingerprint density at radius 1 is 1.50 bits per heavy atom. The molecule has 0 saturated carbocycles. The molecule has 1 aliphatic rings. The SMILES string of the molecule is CNC(C)c1ccc2c(c1)CCN2CCF. The number of halogens is 1. The van der Waals surface area contributed by atoms with Gasteiger partial charge < -0.3 is 10.2 Å². The Kier molecular flexibility index (Phi) is 3.44. The summed E-state index contributed by atoms with van der Waals surface area (Å²) in [5.74, 6) is 0. The third-order valence-electron chi connectivity index (χ3n) is 3.38. The van der Waals surface area contributed by atoms with Crippen LogP contribution in [-0.4, -0.2) is 26.8 Å². The molecule has 0 aliphatic carbocycles. The van der Waals surface area contributed by atoms with Gasteiger partial charge in [-0.3, -0.25) is 0 Å². The van der Waals surface area contributed by atoms with Crippen molar-refractivity contribution in [3.8, 4) is 0 Å². The number of hydrogen-bond acceptors (Lipinski definition) is 2. The van der Waals surface area contributed by atoms with E-state index in [0.29, 0.717) is 12.6 Å². The van der Waals surface area contributed by atoms with Crippen LogP contribution in [0.5, 0.6) is 0 Å². The van der Waals surface area contributed by atoms with Crippen LogP contribution in [0.3, 0.4) is 0 Å². The minimum absolute atomic E-state index is 0.270. The molecule has 0 saturated heterocycles. The highest BCUT2D eigenvalue weighted by molar-refractivity contribution is 5.59. The van der Waals surface area contributed by atoms with Gasteiger partial charge in [-0.1, -0.05) is 12.1 Å². The summed E-state index contributed by atoms with van der Waals surface area (Å²) in [6, 6.07) is 6.88. The molecule has 1 heterocycles. The topological polar surface area (TPSA) is 15.3 Å². The van der Waals surface area contributed by atoms with E-state index in [-0.39, 0.29) is 6.67 Å². The van der Waals surface area contributed by atoms with Crippen LogP contribution in [-0.2, 0) is 6.42 Å². The van der Waals surface area contributed by atoms with Gasteiger partial charge >= 0.3 is 0 Å². The van der Waals surface area contributed by atoms with Crippen molar-refractivity contribution >= 4 is 5.69 Å². The summed E-state index contributed by atoms with van der Waals surface area (Å²) in [6.07, 6.45) is 1.04. The predicted molar refractivity (Wildman–Crippen MR) is 65.8 cm³/mol. The summed E-state index contributed by atoms with van der Waals surface area (Å²) < 4.78 is 12.3. The van der Waals surface area contributed by atoms with Gasteiger partial charge in [0.1, 0.15) is 6.67 Å². The Balaban J connectivity index is 2.22. The van der Waals surface area contributed by atoms with Crippen molar-refractivity contribution in [1.82, 2.24) is 5.32 Å². The second kappa shape index (κ2) is 4.83. The molecule has 88 valence electrons. The number of anilines is 1. The first-order chi connectivity index (χ1) is 7.76. The molecule has 0 aromatic heterocycles. The van der Waals surface area contributed by atoms with Gasteiger partial charge in [-0.25, -0.2) is 4.39 Å². The summed E-state index contributed by atoms with van der Waals surface area (Å²) in [5.41, 5.74) is 3.88.